The van der Waals surface area contributed by atoms with Gasteiger partial charge in [0.05, 0.1) is 0 Å². The van der Waals surface area contributed by atoms with Crippen molar-refractivity contribution in [1.29, 1.82) is 0 Å². The van der Waals surface area contributed by atoms with Gasteiger partial charge in [-0.3, -0.25) is 0 Å². The highest BCUT2D eigenvalue weighted by atomic mass is 35.5. The molecular formula is C15H25ClN2O. The minimum atomic E-state index is 0.261. The van der Waals surface area contributed by atoms with Crippen molar-refractivity contribution in [3.05, 3.63) is 28.8 Å². The van der Waals surface area contributed by atoms with E-state index in [1.165, 1.54) is 0 Å². The van der Waals surface area contributed by atoms with Crippen LogP contribution in [0, 0.1) is 0 Å². The molecule has 0 aromatic heterocycles. The SMILES string of the molecule is CNC(C)c1ccc(N(C)CCCCCO)cc1Cl. The van der Waals surface area contributed by atoms with Gasteiger partial charge in [-0.25, -0.2) is 0 Å². The summed E-state index contributed by atoms with van der Waals surface area (Å²) in [6, 6.07) is 6.48. The topological polar surface area (TPSA) is 35.5 Å². The Labute approximate surface area is 121 Å². The maximum absolute atomic E-state index is 8.75. The number of unbranched alkanes of at least 4 members (excludes halogenated alkanes) is 2. The maximum atomic E-state index is 8.75. The molecule has 1 rings (SSSR count). The molecule has 0 bridgehead atoms. The van der Waals surface area contributed by atoms with E-state index in [0.717, 1.165) is 42.1 Å². The van der Waals surface area contributed by atoms with E-state index in [0.29, 0.717) is 0 Å². The lowest BCUT2D eigenvalue weighted by Crippen LogP contribution is -2.19. The molecule has 108 valence electrons. The van der Waals surface area contributed by atoms with Crippen LogP contribution in [0.5, 0.6) is 0 Å². The second-order valence-electron chi connectivity index (χ2n) is 4.92. The van der Waals surface area contributed by atoms with Crippen LogP contribution in [0.2, 0.25) is 5.02 Å². The number of aliphatic hydroxyl groups excluding tert-OH is 1. The molecule has 0 radical (unpaired) electrons. The van der Waals surface area contributed by atoms with Crippen LogP contribution in [0.4, 0.5) is 5.69 Å². The number of nitrogens with zero attached hydrogens (tertiary/aromatic N) is 1. The Kier molecular flexibility index (Phi) is 7.21. The molecule has 19 heavy (non-hydrogen) atoms. The van der Waals surface area contributed by atoms with Crippen molar-refractivity contribution in [3.8, 4) is 0 Å². The molecule has 1 aromatic rings. The number of benzene rings is 1. The molecule has 0 saturated carbocycles. The van der Waals surface area contributed by atoms with Gasteiger partial charge in [-0.1, -0.05) is 17.7 Å². The van der Waals surface area contributed by atoms with Crippen molar-refractivity contribution in [2.45, 2.75) is 32.2 Å². The minimum absolute atomic E-state index is 0.261. The second-order valence-corrected chi connectivity index (χ2v) is 5.33. The average molecular weight is 285 g/mol. The number of anilines is 1. The normalized spacial score (nSPS) is 12.5. The molecule has 0 aliphatic rings. The Balaban J connectivity index is 2.61. The lowest BCUT2D eigenvalue weighted by Gasteiger charge is -2.21. The van der Waals surface area contributed by atoms with Crippen LogP contribution in [-0.2, 0) is 0 Å². The average Bonchev–Trinajstić information content (AvgIpc) is 2.42. The molecule has 0 amide bonds. The van der Waals surface area contributed by atoms with Gasteiger partial charge in [0.1, 0.15) is 0 Å². The third kappa shape index (κ3) is 5.01. The van der Waals surface area contributed by atoms with Crippen LogP contribution in [-0.4, -0.2) is 32.4 Å². The molecule has 0 heterocycles. The first-order chi connectivity index (χ1) is 9.10. The van der Waals surface area contributed by atoms with Gasteiger partial charge in [0.25, 0.3) is 0 Å². The Morgan fingerprint density at radius 1 is 1.32 bits per heavy atom. The van der Waals surface area contributed by atoms with Gasteiger partial charge in [-0.2, -0.15) is 0 Å². The molecule has 0 aliphatic heterocycles. The summed E-state index contributed by atoms with van der Waals surface area (Å²) in [5.74, 6) is 0. The largest absolute Gasteiger partial charge is 0.396 e. The van der Waals surface area contributed by atoms with E-state index in [9.17, 15) is 0 Å². The monoisotopic (exact) mass is 284 g/mol. The standard InChI is InChI=1S/C15H25ClN2O/c1-12(17-2)14-8-7-13(11-15(14)16)18(3)9-5-4-6-10-19/h7-8,11-12,17,19H,4-6,9-10H2,1-3H3. The van der Waals surface area contributed by atoms with Crippen LogP contribution < -0.4 is 10.2 Å². The van der Waals surface area contributed by atoms with Gasteiger partial charge in [-0.15, -0.1) is 0 Å². The predicted molar refractivity (Wildman–Crippen MR) is 83.1 cm³/mol. The van der Waals surface area contributed by atoms with E-state index in [-0.39, 0.29) is 12.6 Å². The van der Waals surface area contributed by atoms with E-state index in [4.69, 9.17) is 16.7 Å². The van der Waals surface area contributed by atoms with E-state index >= 15 is 0 Å². The fourth-order valence-corrected chi connectivity index (χ4v) is 2.37. The Morgan fingerprint density at radius 3 is 2.63 bits per heavy atom. The van der Waals surface area contributed by atoms with Gasteiger partial charge in [-0.05, 0) is 50.9 Å². The molecule has 3 nitrogen and oxygen atoms in total. The van der Waals surface area contributed by atoms with E-state index in [1.54, 1.807) is 0 Å². The number of hydrogen-bond acceptors (Lipinski definition) is 3. The molecule has 0 fully saturated rings. The highest BCUT2D eigenvalue weighted by Crippen LogP contribution is 2.27. The van der Waals surface area contributed by atoms with Gasteiger partial charge in [0.2, 0.25) is 0 Å². The summed E-state index contributed by atoms with van der Waals surface area (Å²) in [5, 5.41) is 12.8. The van der Waals surface area contributed by atoms with Gasteiger partial charge >= 0.3 is 0 Å². The Morgan fingerprint density at radius 2 is 2.05 bits per heavy atom. The summed E-state index contributed by atoms with van der Waals surface area (Å²) in [5.41, 5.74) is 2.27. The van der Waals surface area contributed by atoms with Crippen LogP contribution >= 0.6 is 11.6 Å². The van der Waals surface area contributed by atoms with Crippen molar-refractivity contribution in [1.82, 2.24) is 5.32 Å². The highest BCUT2D eigenvalue weighted by molar-refractivity contribution is 6.31. The highest BCUT2D eigenvalue weighted by Gasteiger charge is 2.09. The smallest absolute Gasteiger partial charge is 0.0474 e. The number of nitrogens with one attached hydrogen (secondary N) is 1. The first kappa shape index (κ1) is 16.3. The number of aliphatic hydroxyl groups is 1. The number of halogens is 1. The van der Waals surface area contributed by atoms with E-state index in [1.807, 2.05) is 13.1 Å². The second kappa shape index (κ2) is 8.41. The van der Waals surface area contributed by atoms with Crippen molar-refractivity contribution in [3.63, 3.8) is 0 Å². The van der Waals surface area contributed by atoms with Crippen molar-refractivity contribution >= 4 is 17.3 Å². The molecule has 1 unspecified atom stereocenters. The molecule has 4 heteroatoms. The summed E-state index contributed by atoms with van der Waals surface area (Å²) < 4.78 is 0. The van der Waals surface area contributed by atoms with Gasteiger partial charge in [0, 0.05) is 37.0 Å². The first-order valence-electron chi connectivity index (χ1n) is 6.88. The minimum Gasteiger partial charge on any atom is -0.396 e. The lowest BCUT2D eigenvalue weighted by molar-refractivity contribution is 0.283. The van der Waals surface area contributed by atoms with Crippen LogP contribution in [0.1, 0.15) is 37.8 Å². The zero-order valence-electron chi connectivity index (χ0n) is 12.1. The van der Waals surface area contributed by atoms with Gasteiger partial charge in [0.15, 0.2) is 0 Å². The fraction of sp³-hybridized carbons (Fsp3) is 0.600. The summed E-state index contributed by atoms with van der Waals surface area (Å²) in [4.78, 5) is 2.21. The van der Waals surface area contributed by atoms with Crippen molar-refractivity contribution in [2.24, 2.45) is 0 Å². The molecular weight excluding hydrogens is 260 g/mol. The van der Waals surface area contributed by atoms with E-state index in [2.05, 4.69) is 36.3 Å². The van der Waals surface area contributed by atoms with Crippen LogP contribution in [0.3, 0.4) is 0 Å². The maximum Gasteiger partial charge on any atom is 0.0474 e. The third-order valence-electron chi connectivity index (χ3n) is 3.48. The predicted octanol–water partition coefficient (Wildman–Crippen LogP) is 3.22. The number of rotatable bonds is 8. The fourth-order valence-electron chi connectivity index (χ4n) is 2.03. The summed E-state index contributed by atoms with van der Waals surface area (Å²) in [6.07, 6.45) is 3.03. The van der Waals surface area contributed by atoms with Crippen molar-refractivity contribution in [2.75, 3.05) is 32.1 Å². The molecule has 2 N–H and O–H groups in total. The zero-order chi connectivity index (χ0) is 14.3. The summed E-state index contributed by atoms with van der Waals surface area (Å²) >= 11 is 6.33. The Bertz CT molecular complexity index is 384. The molecule has 0 saturated heterocycles. The zero-order valence-corrected chi connectivity index (χ0v) is 12.9. The van der Waals surface area contributed by atoms with Gasteiger partial charge < -0.3 is 15.3 Å². The van der Waals surface area contributed by atoms with E-state index < -0.39 is 0 Å². The lowest BCUT2D eigenvalue weighted by atomic mass is 10.1. The number of hydrogen-bond donors (Lipinski definition) is 2. The molecule has 0 spiro atoms. The summed E-state index contributed by atoms with van der Waals surface area (Å²) in [7, 11) is 4.01. The first-order valence-corrected chi connectivity index (χ1v) is 7.26. The van der Waals surface area contributed by atoms with Crippen LogP contribution in [0.25, 0.3) is 0 Å². The third-order valence-corrected chi connectivity index (χ3v) is 3.80. The quantitative estimate of drug-likeness (QED) is 0.720. The van der Waals surface area contributed by atoms with Crippen molar-refractivity contribution < 1.29 is 5.11 Å². The molecule has 0 aliphatic carbocycles. The van der Waals surface area contributed by atoms with Crippen LogP contribution in [0.15, 0.2) is 18.2 Å². The Hall–Kier alpha value is -0.770. The molecule has 1 aromatic carbocycles. The summed E-state index contributed by atoms with van der Waals surface area (Å²) in [6.45, 7) is 3.36. The molecule has 1 atom stereocenters.